The van der Waals surface area contributed by atoms with Crippen LogP contribution >= 0.6 is 0 Å². The first-order valence-corrected chi connectivity index (χ1v) is 12.0. The molecule has 11 heteroatoms. The van der Waals surface area contributed by atoms with Crippen molar-refractivity contribution in [1.82, 2.24) is 19.7 Å². The first-order chi connectivity index (χ1) is 17.4. The predicted octanol–water partition coefficient (Wildman–Crippen LogP) is 6.18. The van der Waals surface area contributed by atoms with Gasteiger partial charge in [-0.25, -0.2) is 9.97 Å². The van der Waals surface area contributed by atoms with E-state index < -0.39 is 22.9 Å². The molecule has 8 nitrogen and oxygen atoms in total. The number of anilines is 2. The first-order valence-electron chi connectivity index (χ1n) is 12.0. The maximum atomic E-state index is 13.3. The van der Waals surface area contributed by atoms with Crippen molar-refractivity contribution >= 4 is 28.6 Å². The number of aromatic nitrogens is 4. The number of alkyl halides is 3. The van der Waals surface area contributed by atoms with Gasteiger partial charge in [0.05, 0.1) is 10.8 Å². The zero-order valence-electron chi connectivity index (χ0n) is 22.4. The van der Waals surface area contributed by atoms with Gasteiger partial charge in [-0.1, -0.05) is 29.4 Å². The SMILES string of the molecule is CC(C)(C(=O)Nc1cc(C(C)(C)C(F)(F)F)no1)c1ccc(-c2cn(C(C)(C)C)c3ncnc(N)c23)cc1. The molecule has 0 saturated carbocycles. The topological polar surface area (TPSA) is 112 Å². The van der Waals surface area contributed by atoms with Gasteiger partial charge in [0, 0.05) is 23.4 Å². The quantitative estimate of drug-likeness (QED) is 0.320. The summed E-state index contributed by atoms with van der Waals surface area (Å²) in [6.07, 6.45) is -1.09. The smallest absolute Gasteiger partial charge is 0.383 e. The van der Waals surface area contributed by atoms with Gasteiger partial charge in [-0.15, -0.1) is 0 Å². The van der Waals surface area contributed by atoms with Crippen LogP contribution in [0.25, 0.3) is 22.2 Å². The van der Waals surface area contributed by atoms with Crippen LogP contribution in [-0.2, 0) is 21.2 Å². The Morgan fingerprint density at radius 2 is 1.63 bits per heavy atom. The van der Waals surface area contributed by atoms with Crippen LogP contribution in [0.15, 0.2) is 47.4 Å². The van der Waals surface area contributed by atoms with Crippen molar-refractivity contribution < 1.29 is 22.5 Å². The molecule has 0 aliphatic carbocycles. The second kappa shape index (κ2) is 8.85. The summed E-state index contributed by atoms with van der Waals surface area (Å²) < 4.78 is 47.1. The molecular weight excluding hydrogens is 497 g/mol. The molecule has 1 amide bonds. The zero-order valence-corrected chi connectivity index (χ0v) is 22.4. The van der Waals surface area contributed by atoms with Crippen LogP contribution in [0.5, 0.6) is 0 Å². The molecule has 0 radical (unpaired) electrons. The third kappa shape index (κ3) is 4.61. The van der Waals surface area contributed by atoms with Crippen molar-refractivity contribution in [3.63, 3.8) is 0 Å². The standard InChI is InChI=1S/C27H31F3N6O2/c1-24(2,3)36-13-17(20-21(31)32-14-33-22(20)36)15-8-10-16(11-9-15)25(4,5)23(37)34-19-12-18(35-38-19)26(6,7)27(28,29)30/h8-14H,1-7H3,(H,34,37)(H2,31,32,33). The van der Waals surface area contributed by atoms with Crippen molar-refractivity contribution in [2.45, 2.75) is 71.0 Å². The first kappa shape index (κ1) is 27.2. The Hall–Kier alpha value is -3.89. The van der Waals surface area contributed by atoms with Gasteiger partial charge in [-0.3, -0.25) is 10.1 Å². The molecule has 1 aromatic carbocycles. The number of nitrogens with zero attached hydrogens (tertiary/aromatic N) is 4. The van der Waals surface area contributed by atoms with Crippen molar-refractivity contribution in [2.24, 2.45) is 0 Å². The number of fused-ring (bicyclic) bond motifs is 1. The summed E-state index contributed by atoms with van der Waals surface area (Å²) in [5, 5.41) is 6.82. The molecule has 0 bridgehead atoms. The molecule has 0 aliphatic rings. The molecule has 0 atom stereocenters. The van der Waals surface area contributed by atoms with Crippen LogP contribution in [-0.4, -0.2) is 31.8 Å². The highest BCUT2D eigenvalue weighted by Gasteiger charge is 2.50. The molecule has 4 aromatic rings. The lowest BCUT2D eigenvalue weighted by atomic mass is 9.83. The highest BCUT2D eigenvalue weighted by Crippen LogP contribution is 2.41. The van der Waals surface area contributed by atoms with Gasteiger partial charge in [-0.2, -0.15) is 13.2 Å². The van der Waals surface area contributed by atoms with Crippen molar-refractivity contribution in [3.05, 3.63) is 54.1 Å². The summed E-state index contributed by atoms with van der Waals surface area (Å²) in [5.74, 6) is -0.242. The molecule has 0 unspecified atom stereocenters. The molecule has 0 fully saturated rings. The lowest BCUT2D eigenvalue weighted by Gasteiger charge is -2.25. The Bertz CT molecular complexity index is 1490. The highest BCUT2D eigenvalue weighted by atomic mass is 19.4. The fourth-order valence-electron chi connectivity index (χ4n) is 4.06. The van der Waals surface area contributed by atoms with E-state index in [2.05, 4.69) is 41.2 Å². The largest absolute Gasteiger partial charge is 0.399 e. The van der Waals surface area contributed by atoms with Crippen LogP contribution in [0.4, 0.5) is 24.9 Å². The lowest BCUT2D eigenvalue weighted by Crippen LogP contribution is -2.36. The number of nitrogens with one attached hydrogen (secondary N) is 1. The normalized spacial score (nSPS) is 13.2. The van der Waals surface area contributed by atoms with Crippen LogP contribution in [0.1, 0.15) is 59.7 Å². The van der Waals surface area contributed by atoms with Crippen molar-refractivity contribution in [1.29, 1.82) is 0 Å². The number of hydrogen-bond donors (Lipinski definition) is 2. The van der Waals surface area contributed by atoms with Crippen molar-refractivity contribution in [2.75, 3.05) is 11.1 Å². The Balaban J connectivity index is 1.61. The van der Waals surface area contributed by atoms with Crippen molar-refractivity contribution in [3.8, 4) is 11.1 Å². The summed E-state index contributed by atoms with van der Waals surface area (Å²) in [6.45, 7) is 11.6. The summed E-state index contributed by atoms with van der Waals surface area (Å²) in [5.41, 5.74) is 5.55. The second-order valence-corrected chi connectivity index (χ2v) is 11.4. The zero-order chi connectivity index (χ0) is 28.3. The minimum atomic E-state index is -4.53. The maximum Gasteiger partial charge on any atom is 0.399 e. The average Bonchev–Trinajstić information content (AvgIpc) is 3.44. The van der Waals surface area contributed by atoms with E-state index in [4.69, 9.17) is 10.3 Å². The van der Waals surface area contributed by atoms with Crippen LogP contribution in [0.3, 0.4) is 0 Å². The number of amides is 1. The maximum absolute atomic E-state index is 13.3. The van der Waals surface area contributed by atoms with Gasteiger partial charge < -0.3 is 14.8 Å². The number of rotatable bonds is 5. The third-order valence-electron chi connectivity index (χ3n) is 6.92. The molecule has 0 spiro atoms. The molecule has 0 saturated heterocycles. The number of hydrogen-bond acceptors (Lipinski definition) is 6. The Morgan fingerprint density at radius 1 is 1.00 bits per heavy atom. The fourth-order valence-corrected chi connectivity index (χ4v) is 4.06. The van der Waals surface area contributed by atoms with Gasteiger partial charge >= 0.3 is 6.18 Å². The Morgan fingerprint density at radius 3 is 2.21 bits per heavy atom. The minimum absolute atomic E-state index is 0.155. The van der Waals surface area contributed by atoms with Gasteiger partial charge in [0.15, 0.2) is 0 Å². The average molecular weight is 529 g/mol. The summed E-state index contributed by atoms with van der Waals surface area (Å²) in [7, 11) is 0. The third-order valence-corrected chi connectivity index (χ3v) is 6.92. The van der Waals surface area contributed by atoms with E-state index in [1.54, 1.807) is 13.8 Å². The van der Waals surface area contributed by atoms with Crippen LogP contribution in [0.2, 0.25) is 0 Å². The van der Waals surface area contributed by atoms with E-state index in [0.29, 0.717) is 11.4 Å². The predicted molar refractivity (Wildman–Crippen MR) is 140 cm³/mol. The number of benzene rings is 1. The van der Waals surface area contributed by atoms with Crippen LogP contribution in [0, 0.1) is 0 Å². The Kier molecular flexibility index (Phi) is 6.32. The molecule has 202 valence electrons. The number of carbonyl (C=O) groups is 1. The summed E-state index contributed by atoms with van der Waals surface area (Å²) >= 11 is 0. The number of nitrogen functional groups attached to an aromatic ring is 1. The lowest BCUT2D eigenvalue weighted by molar-refractivity contribution is -0.181. The molecule has 0 aliphatic heterocycles. The number of carbonyl (C=O) groups excluding carboxylic acids is 1. The summed E-state index contributed by atoms with van der Waals surface area (Å²) in [6, 6.07) is 8.53. The van der Waals surface area contributed by atoms with Gasteiger partial charge in [0.2, 0.25) is 11.8 Å². The molecule has 4 rings (SSSR count). The number of nitrogens with two attached hydrogens (primary N) is 1. The second-order valence-electron chi connectivity index (χ2n) is 11.4. The van der Waals surface area contributed by atoms with Gasteiger partial charge in [0.25, 0.3) is 0 Å². The van der Waals surface area contributed by atoms with Gasteiger partial charge in [0.1, 0.15) is 28.9 Å². The molecular formula is C27H31F3N6O2. The van der Waals surface area contributed by atoms with Gasteiger partial charge in [-0.05, 0) is 59.6 Å². The van der Waals surface area contributed by atoms with E-state index in [0.717, 1.165) is 42.1 Å². The summed E-state index contributed by atoms with van der Waals surface area (Å²) in [4.78, 5) is 21.7. The van der Waals surface area contributed by atoms with E-state index in [1.807, 2.05) is 35.0 Å². The molecule has 3 N–H and O–H groups in total. The highest BCUT2D eigenvalue weighted by molar-refractivity contribution is 6.01. The number of halogens is 3. The molecule has 3 heterocycles. The van der Waals surface area contributed by atoms with Crippen LogP contribution < -0.4 is 11.1 Å². The van der Waals surface area contributed by atoms with E-state index in [-0.39, 0.29) is 17.1 Å². The van der Waals surface area contributed by atoms with E-state index in [9.17, 15) is 18.0 Å². The molecule has 3 aromatic heterocycles. The Labute approximate surface area is 218 Å². The monoisotopic (exact) mass is 528 g/mol. The minimum Gasteiger partial charge on any atom is -0.383 e. The van der Waals surface area contributed by atoms with E-state index in [1.165, 1.54) is 6.33 Å². The molecule has 38 heavy (non-hydrogen) atoms. The van der Waals surface area contributed by atoms with E-state index >= 15 is 0 Å². The fraction of sp³-hybridized carbons (Fsp3) is 0.407.